The Bertz CT molecular complexity index is 698. The molecule has 1 amide bonds. The summed E-state index contributed by atoms with van der Waals surface area (Å²) >= 11 is 1.12. The maximum Gasteiger partial charge on any atom is 0.263 e. The number of carbonyl (C=O) groups is 1. The van der Waals surface area contributed by atoms with Crippen molar-refractivity contribution in [2.45, 2.75) is 18.4 Å². The van der Waals surface area contributed by atoms with Crippen molar-refractivity contribution in [1.29, 1.82) is 0 Å². The third-order valence-corrected chi connectivity index (χ3v) is 4.86. The zero-order valence-electron chi connectivity index (χ0n) is 12.4. The van der Waals surface area contributed by atoms with Gasteiger partial charge in [-0.2, -0.15) is 0 Å². The van der Waals surface area contributed by atoms with Gasteiger partial charge in [-0.05, 0) is 12.1 Å². The highest BCUT2D eigenvalue weighted by molar-refractivity contribution is 7.16. The van der Waals surface area contributed by atoms with Crippen LogP contribution in [0.3, 0.4) is 0 Å². The molecule has 0 unspecified atom stereocenters. The van der Waals surface area contributed by atoms with Gasteiger partial charge in [0.1, 0.15) is 15.7 Å². The zero-order chi connectivity index (χ0) is 16.3. The van der Waals surface area contributed by atoms with Crippen LogP contribution in [0.25, 0.3) is 10.6 Å². The van der Waals surface area contributed by atoms with Crippen LogP contribution in [0, 0.1) is 5.82 Å². The van der Waals surface area contributed by atoms with Crippen LogP contribution in [-0.4, -0.2) is 41.4 Å². The number of halogens is 1. The van der Waals surface area contributed by atoms with Gasteiger partial charge in [0, 0.05) is 38.2 Å². The monoisotopic (exact) mass is 336 g/mol. The summed E-state index contributed by atoms with van der Waals surface area (Å²) in [6, 6.07) is 6.31. The van der Waals surface area contributed by atoms with Crippen LogP contribution in [0.15, 0.2) is 30.5 Å². The Balaban J connectivity index is 1.66. The molecule has 1 aliphatic heterocycles. The average Bonchev–Trinajstić information content (AvgIpc) is 3.04. The van der Waals surface area contributed by atoms with Crippen LogP contribution in [0.5, 0.6) is 0 Å². The van der Waals surface area contributed by atoms with E-state index in [9.17, 15) is 14.3 Å². The van der Waals surface area contributed by atoms with E-state index in [0.29, 0.717) is 41.5 Å². The first-order chi connectivity index (χ1) is 11.1. The van der Waals surface area contributed by atoms with Crippen molar-refractivity contribution in [2.24, 2.45) is 0 Å². The Hall–Kier alpha value is -1.83. The van der Waals surface area contributed by atoms with Crippen molar-refractivity contribution < 1.29 is 19.0 Å². The lowest BCUT2D eigenvalue weighted by Gasteiger charge is -2.31. The lowest BCUT2D eigenvalue weighted by Crippen LogP contribution is -2.46. The number of nitrogens with zero attached hydrogens (tertiary/aromatic N) is 1. The molecule has 23 heavy (non-hydrogen) atoms. The quantitative estimate of drug-likeness (QED) is 0.898. The summed E-state index contributed by atoms with van der Waals surface area (Å²) in [5.41, 5.74) is -0.549. The van der Waals surface area contributed by atoms with Crippen LogP contribution in [0.1, 0.15) is 22.5 Å². The Labute approximate surface area is 137 Å². The first-order valence-electron chi connectivity index (χ1n) is 7.36. The van der Waals surface area contributed by atoms with E-state index in [2.05, 4.69) is 10.3 Å². The van der Waals surface area contributed by atoms with Gasteiger partial charge in [-0.3, -0.25) is 4.79 Å². The minimum absolute atomic E-state index is 0.169. The van der Waals surface area contributed by atoms with E-state index < -0.39 is 5.60 Å². The molecule has 7 heteroatoms. The third kappa shape index (κ3) is 3.74. The SMILES string of the molecule is O=C(NCC1(O)CCOCC1)c1cnc(-c2ccccc2F)s1. The van der Waals surface area contributed by atoms with E-state index in [4.69, 9.17) is 4.74 Å². The summed E-state index contributed by atoms with van der Waals surface area (Å²) in [6.45, 7) is 1.15. The third-order valence-electron chi connectivity index (χ3n) is 3.84. The van der Waals surface area contributed by atoms with Crippen molar-refractivity contribution >= 4 is 17.2 Å². The summed E-state index contributed by atoms with van der Waals surface area (Å²) < 4.78 is 19.0. The molecule has 2 heterocycles. The van der Waals surface area contributed by atoms with Gasteiger partial charge in [0.05, 0.1) is 11.8 Å². The van der Waals surface area contributed by atoms with Gasteiger partial charge in [0.15, 0.2) is 0 Å². The Kier molecular flexibility index (Phi) is 4.70. The van der Waals surface area contributed by atoms with Crippen LogP contribution in [0.4, 0.5) is 4.39 Å². The normalized spacial score (nSPS) is 17.0. The molecule has 1 fully saturated rings. The lowest BCUT2D eigenvalue weighted by molar-refractivity contribution is -0.0605. The molecule has 1 aliphatic rings. The fourth-order valence-corrected chi connectivity index (χ4v) is 3.26. The molecule has 5 nitrogen and oxygen atoms in total. The molecule has 1 saturated heterocycles. The number of hydrogen-bond acceptors (Lipinski definition) is 5. The van der Waals surface area contributed by atoms with Crippen molar-refractivity contribution in [3.05, 3.63) is 41.2 Å². The molecule has 0 bridgehead atoms. The minimum Gasteiger partial charge on any atom is -0.388 e. The number of rotatable bonds is 4. The average molecular weight is 336 g/mol. The molecule has 122 valence electrons. The topological polar surface area (TPSA) is 71.5 Å². The molecule has 0 saturated carbocycles. The van der Waals surface area contributed by atoms with Gasteiger partial charge in [-0.1, -0.05) is 12.1 Å². The first kappa shape index (κ1) is 16.0. The van der Waals surface area contributed by atoms with E-state index in [1.54, 1.807) is 18.2 Å². The Morgan fingerprint density at radius 1 is 1.39 bits per heavy atom. The number of thiazole rings is 1. The van der Waals surface area contributed by atoms with Crippen LogP contribution < -0.4 is 5.32 Å². The second kappa shape index (κ2) is 6.74. The number of amides is 1. The largest absolute Gasteiger partial charge is 0.388 e. The summed E-state index contributed by atoms with van der Waals surface area (Å²) in [4.78, 5) is 16.7. The van der Waals surface area contributed by atoms with Gasteiger partial charge in [0.2, 0.25) is 0 Å². The molecule has 1 aromatic heterocycles. The van der Waals surface area contributed by atoms with Crippen LogP contribution >= 0.6 is 11.3 Å². The van der Waals surface area contributed by atoms with E-state index in [0.717, 1.165) is 11.3 Å². The Morgan fingerprint density at radius 2 is 2.13 bits per heavy atom. The molecule has 1 aromatic carbocycles. The highest BCUT2D eigenvalue weighted by Gasteiger charge is 2.30. The summed E-state index contributed by atoms with van der Waals surface area (Å²) in [6.07, 6.45) is 2.42. The van der Waals surface area contributed by atoms with E-state index in [1.165, 1.54) is 12.3 Å². The second-order valence-electron chi connectivity index (χ2n) is 5.53. The molecule has 3 rings (SSSR count). The number of carbonyl (C=O) groups excluding carboxylic acids is 1. The highest BCUT2D eigenvalue weighted by Crippen LogP contribution is 2.27. The Morgan fingerprint density at radius 3 is 2.87 bits per heavy atom. The number of aliphatic hydroxyl groups is 1. The molecular weight excluding hydrogens is 319 g/mol. The molecule has 0 aliphatic carbocycles. The molecular formula is C16H17FN2O3S. The maximum absolute atomic E-state index is 13.7. The summed E-state index contributed by atoms with van der Waals surface area (Å²) in [5, 5.41) is 13.5. The van der Waals surface area contributed by atoms with Crippen molar-refractivity contribution in [1.82, 2.24) is 10.3 Å². The second-order valence-corrected chi connectivity index (χ2v) is 6.56. The zero-order valence-corrected chi connectivity index (χ0v) is 13.2. The van der Waals surface area contributed by atoms with Gasteiger partial charge >= 0.3 is 0 Å². The van der Waals surface area contributed by atoms with Gasteiger partial charge < -0.3 is 15.2 Å². The van der Waals surface area contributed by atoms with Gasteiger partial charge in [0.25, 0.3) is 5.91 Å². The number of ether oxygens (including phenoxy) is 1. The maximum atomic E-state index is 13.7. The predicted molar refractivity (Wildman–Crippen MR) is 84.8 cm³/mol. The van der Waals surface area contributed by atoms with E-state index in [-0.39, 0.29) is 18.3 Å². The predicted octanol–water partition coefficient (Wildman–Crippen LogP) is 2.22. The molecule has 0 atom stereocenters. The van der Waals surface area contributed by atoms with Crippen molar-refractivity contribution in [3.63, 3.8) is 0 Å². The highest BCUT2D eigenvalue weighted by atomic mass is 32.1. The first-order valence-corrected chi connectivity index (χ1v) is 8.18. The van der Waals surface area contributed by atoms with Crippen molar-refractivity contribution in [2.75, 3.05) is 19.8 Å². The van der Waals surface area contributed by atoms with Gasteiger partial charge in [-0.25, -0.2) is 9.37 Å². The van der Waals surface area contributed by atoms with Crippen LogP contribution in [-0.2, 0) is 4.74 Å². The van der Waals surface area contributed by atoms with E-state index in [1.807, 2.05) is 0 Å². The van der Waals surface area contributed by atoms with E-state index >= 15 is 0 Å². The summed E-state index contributed by atoms with van der Waals surface area (Å²) in [5.74, 6) is -0.685. The smallest absolute Gasteiger partial charge is 0.263 e. The molecule has 2 N–H and O–H groups in total. The fraction of sp³-hybridized carbons (Fsp3) is 0.375. The number of benzene rings is 1. The molecule has 2 aromatic rings. The molecule has 0 spiro atoms. The van der Waals surface area contributed by atoms with Gasteiger partial charge in [-0.15, -0.1) is 11.3 Å². The minimum atomic E-state index is -0.924. The molecule has 0 radical (unpaired) electrons. The summed E-state index contributed by atoms with van der Waals surface area (Å²) in [7, 11) is 0. The van der Waals surface area contributed by atoms with Crippen molar-refractivity contribution in [3.8, 4) is 10.6 Å². The fourth-order valence-electron chi connectivity index (χ4n) is 2.40. The lowest BCUT2D eigenvalue weighted by atomic mass is 9.94. The standard InChI is InChI=1S/C16H17FN2O3S/c17-12-4-2-1-3-11(12)15-18-9-13(23-15)14(20)19-10-16(21)5-7-22-8-6-16/h1-4,9,21H,5-8,10H2,(H,19,20). The number of aromatic nitrogens is 1. The number of nitrogens with one attached hydrogen (secondary N) is 1. The number of hydrogen-bond donors (Lipinski definition) is 2. The van der Waals surface area contributed by atoms with Crippen LogP contribution in [0.2, 0.25) is 0 Å².